The summed E-state index contributed by atoms with van der Waals surface area (Å²) in [4.78, 5) is 19.5. The number of pyridine rings is 1. The topological polar surface area (TPSA) is 83.0 Å². The van der Waals surface area contributed by atoms with E-state index in [9.17, 15) is 10.1 Å². The second-order valence-corrected chi connectivity index (χ2v) is 8.61. The zero-order valence-electron chi connectivity index (χ0n) is 16.9. The SMILES string of the molecule is Cc1cccc(N2C(N)=C(C#N)[C@@H](c3cccnc3)C3=C2CC(C)(C)CC3=O)c1. The fourth-order valence-corrected chi connectivity index (χ4v) is 4.45. The first-order valence-corrected chi connectivity index (χ1v) is 9.75. The molecule has 0 unspecified atom stereocenters. The molecule has 1 aromatic heterocycles. The van der Waals surface area contributed by atoms with E-state index in [-0.39, 0.29) is 11.2 Å². The third kappa shape index (κ3) is 3.21. The average molecular weight is 384 g/mol. The van der Waals surface area contributed by atoms with E-state index in [1.54, 1.807) is 12.4 Å². The van der Waals surface area contributed by atoms with Crippen LogP contribution < -0.4 is 10.6 Å². The number of anilines is 1. The monoisotopic (exact) mass is 384 g/mol. The number of rotatable bonds is 2. The maximum atomic E-state index is 13.4. The van der Waals surface area contributed by atoms with Crippen molar-refractivity contribution < 1.29 is 4.79 Å². The van der Waals surface area contributed by atoms with Gasteiger partial charge in [0.15, 0.2) is 5.78 Å². The maximum Gasteiger partial charge on any atom is 0.162 e. The van der Waals surface area contributed by atoms with E-state index in [0.717, 1.165) is 22.5 Å². The van der Waals surface area contributed by atoms with Gasteiger partial charge in [-0.05, 0) is 48.1 Å². The molecular formula is C24H24N4O. The van der Waals surface area contributed by atoms with Gasteiger partial charge in [0.25, 0.3) is 0 Å². The number of aromatic nitrogens is 1. The van der Waals surface area contributed by atoms with Gasteiger partial charge in [0.2, 0.25) is 0 Å². The zero-order chi connectivity index (χ0) is 20.8. The van der Waals surface area contributed by atoms with Gasteiger partial charge >= 0.3 is 0 Å². The summed E-state index contributed by atoms with van der Waals surface area (Å²) >= 11 is 0. The van der Waals surface area contributed by atoms with Crippen LogP contribution in [0.3, 0.4) is 0 Å². The minimum Gasteiger partial charge on any atom is -0.384 e. The fraction of sp³-hybridized carbons (Fsp3) is 0.292. The van der Waals surface area contributed by atoms with Crippen molar-refractivity contribution in [1.82, 2.24) is 4.98 Å². The predicted octanol–water partition coefficient (Wildman–Crippen LogP) is 4.33. The van der Waals surface area contributed by atoms with Crippen molar-refractivity contribution in [3.05, 3.63) is 82.6 Å². The van der Waals surface area contributed by atoms with Gasteiger partial charge in [0, 0.05) is 35.8 Å². The number of nitrogens with zero attached hydrogens (tertiary/aromatic N) is 3. The summed E-state index contributed by atoms with van der Waals surface area (Å²) in [5.74, 6) is -0.0208. The van der Waals surface area contributed by atoms with E-state index < -0.39 is 5.92 Å². The van der Waals surface area contributed by atoms with E-state index in [2.05, 4.69) is 24.9 Å². The molecule has 29 heavy (non-hydrogen) atoms. The molecule has 0 fully saturated rings. The Morgan fingerprint density at radius 3 is 2.69 bits per heavy atom. The Labute approximate surface area is 171 Å². The summed E-state index contributed by atoms with van der Waals surface area (Å²) in [5, 5.41) is 10.0. The van der Waals surface area contributed by atoms with Crippen LogP contribution in [0, 0.1) is 23.7 Å². The van der Waals surface area contributed by atoms with Gasteiger partial charge in [-0.15, -0.1) is 0 Å². The Morgan fingerprint density at radius 2 is 2.03 bits per heavy atom. The van der Waals surface area contributed by atoms with Crippen molar-refractivity contribution in [3.8, 4) is 6.07 Å². The van der Waals surface area contributed by atoms with Crippen molar-refractivity contribution in [2.24, 2.45) is 11.1 Å². The number of hydrogen-bond donors (Lipinski definition) is 1. The second kappa shape index (κ2) is 6.89. The fourth-order valence-electron chi connectivity index (χ4n) is 4.45. The molecule has 4 rings (SSSR count). The number of benzene rings is 1. The van der Waals surface area contributed by atoms with Gasteiger partial charge in [-0.3, -0.25) is 14.7 Å². The number of allylic oxidation sites excluding steroid dienone is 3. The van der Waals surface area contributed by atoms with E-state index in [4.69, 9.17) is 5.73 Å². The molecular weight excluding hydrogens is 360 g/mol. The van der Waals surface area contributed by atoms with Crippen LogP contribution in [0.1, 0.15) is 43.7 Å². The van der Waals surface area contributed by atoms with Crippen LogP contribution in [0.15, 0.2) is 71.5 Å². The summed E-state index contributed by atoms with van der Waals surface area (Å²) < 4.78 is 0. The maximum absolute atomic E-state index is 13.4. The number of nitriles is 1. The normalized spacial score (nSPS) is 21.1. The zero-order valence-corrected chi connectivity index (χ0v) is 16.9. The van der Waals surface area contributed by atoms with Crippen molar-refractivity contribution in [1.29, 1.82) is 5.26 Å². The lowest BCUT2D eigenvalue weighted by Gasteiger charge is -2.43. The van der Waals surface area contributed by atoms with E-state index in [1.807, 2.05) is 48.2 Å². The number of Topliss-reactive ketones (excluding diaryl/α,β-unsaturated/α-hetero) is 1. The van der Waals surface area contributed by atoms with E-state index >= 15 is 0 Å². The summed E-state index contributed by atoms with van der Waals surface area (Å²) in [7, 11) is 0. The van der Waals surface area contributed by atoms with Crippen LogP contribution in [0.25, 0.3) is 0 Å². The van der Waals surface area contributed by atoms with Crippen molar-refractivity contribution in [2.75, 3.05) is 4.90 Å². The first-order valence-electron chi connectivity index (χ1n) is 9.75. The molecule has 0 saturated carbocycles. The third-order valence-electron chi connectivity index (χ3n) is 5.66. The molecule has 1 aromatic carbocycles. The van der Waals surface area contributed by atoms with Crippen molar-refractivity contribution in [3.63, 3.8) is 0 Å². The first-order chi connectivity index (χ1) is 13.8. The molecule has 0 bridgehead atoms. The molecule has 1 atom stereocenters. The largest absolute Gasteiger partial charge is 0.384 e. The smallest absolute Gasteiger partial charge is 0.162 e. The molecule has 2 heterocycles. The van der Waals surface area contributed by atoms with Crippen LogP contribution in [-0.4, -0.2) is 10.8 Å². The highest BCUT2D eigenvalue weighted by molar-refractivity contribution is 6.01. The third-order valence-corrected chi connectivity index (χ3v) is 5.66. The summed E-state index contributed by atoms with van der Waals surface area (Å²) in [6.07, 6.45) is 4.56. The molecule has 0 saturated heterocycles. The first kappa shape index (κ1) is 18.9. The quantitative estimate of drug-likeness (QED) is 0.833. The minimum atomic E-state index is -0.478. The predicted molar refractivity (Wildman–Crippen MR) is 113 cm³/mol. The lowest BCUT2D eigenvalue weighted by atomic mass is 9.68. The molecule has 0 amide bonds. The molecule has 146 valence electrons. The van der Waals surface area contributed by atoms with Crippen molar-refractivity contribution in [2.45, 2.75) is 39.5 Å². The van der Waals surface area contributed by atoms with Crippen LogP contribution in [0.4, 0.5) is 5.69 Å². The minimum absolute atomic E-state index is 0.0722. The number of carbonyl (C=O) groups excluding carboxylic acids is 1. The lowest BCUT2D eigenvalue weighted by Crippen LogP contribution is -2.42. The van der Waals surface area contributed by atoms with Crippen LogP contribution in [0.5, 0.6) is 0 Å². The molecule has 1 aliphatic heterocycles. The molecule has 0 radical (unpaired) electrons. The van der Waals surface area contributed by atoms with Crippen LogP contribution in [-0.2, 0) is 4.79 Å². The molecule has 2 N–H and O–H groups in total. The molecule has 2 aliphatic rings. The van der Waals surface area contributed by atoms with E-state index in [1.165, 1.54) is 0 Å². The Bertz CT molecular complexity index is 1090. The molecule has 1 aliphatic carbocycles. The summed E-state index contributed by atoms with van der Waals surface area (Å²) in [6.45, 7) is 6.21. The van der Waals surface area contributed by atoms with Gasteiger partial charge in [-0.1, -0.05) is 32.0 Å². The molecule has 0 spiro atoms. The molecule has 5 heteroatoms. The Morgan fingerprint density at radius 1 is 1.24 bits per heavy atom. The molecule has 2 aromatic rings. The van der Waals surface area contributed by atoms with E-state index in [0.29, 0.717) is 29.8 Å². The number of carbonyl (C=O) groups is 1. The molecule has 5 nitrogen and oxygen atoms in total. The Kier molecular flexibility index (Phi) is 4.50. The Hall–Kier alpha value is -3.39. The average Bonchev–Trinajstić information content (AvgIpc) is 2.67. The standard InChI is InChI=1S/C24H24N4O/c1-15-6-4-8-17(10-15)28-19-11-24(2,3)12-20(29)22(19)21(18(13-25)23(28)26)16-7-5-9-27-14-16/h4-10,14,21H,11-12,26H2,1-3H3/t21-/m1/s1. The summed E-state index contributed by atoms with van der Waals surface area (Å²) in [5.41, 5.74) is 11.2. The highest BCUT2D eigenvalue weighted by Gasteiger charge is 2.44. The van der Waals surface area contributed by atoms with Crippen molar-refractivity contribution >= 4 is 11.5 Å². The number of hydrogen-bond acceptors (Lipinski definition) is 5. The van der Waals surface area contributed by atoms with Crippen LogP contribution in [0.2, 0.25) is 0 Å². The highest BCUT2D eigenvalue weighted by atomic mass is 16.1. The van der Waals surface area contributed by atoms with Gasteiger partial charge < -0.3 is 5.73 Å². The number of aryl methyl sites for hydroxylation is 1. The number of nitrogens with two attached hydrogens (primary N) is 1. The van der Waals surface area contributed by atoms with Gasteiger partial charge in [-0.25, -0.2) is 0 Å². The van der Waals surface area contributed by atoms with Gasteiger partial charge in [0.1, 0.15) is 5.82 Å². The second-order valence-electron chi connectivity index (χ2n) is 8.61. The Balaban J connectivity index is 2.01. The highest BCUT2D eigenvalue weighted by Crippen LogP contribution is 2.50. The summed E-state index contributed by atoms with van der Waals surface area (Å²) in [6, 6.07) is 14.0. The van der Waals surface area contributed by atoms with Gasteiger partial charge in [-0.2, -0.15) is 5.26 Å². The van der Waals surface area contributed by atoms with Gasteiger partial charge in [0.05, 0.1) is 17.6 Å². The van der Waals surface area contributed by atoms with Crippen LogP contribution >= 0.6 is 0 Å². The lowest BCUT2D eigenvalue weighted by molar-refractivity contribution is -0.118. The number of ketones is 1.